The van der Waals surface area contributed by atoms with E-state index < -0.39 is 0 Å². The van der Waals surface area contributed by atoms with Crippen molar-refractivity contribution >= 4 is 21.8 Å². The van der Waals surface area contributed by atoms with Crippen LogP contribution in [0.3, 0.4) is 0 Å². The van der Waals surface area contributed by atoms with E-state index in [2.05, 4.69) is 45.9 Å². The molecule has 0 bridgehead atoms. The first-order valence-electron chi connectivity index (χ1n) is 6.23. The van der Waals surface area contributed by atoms with Crippen LogP contribution in [0.5, 0.6) is 0 Å². The standard InChI is InChI=1S/C15H14N4/c1-10(17-18-16)11-7-8-15-13(9-11)12-5-3-4-6-14(12)19(15)2/h3-10H,1-2H3. The number of hydrogen-bond acceptors (Lipinski definition) is 1. The summed E-state index contributed by atoms with van der Waals surface area (Å²) in [6.07, 6.45) is 0. The van der Waals surface area contributed by atoms with E-state index in [0.29, 0.717) is 0 Å². The Kier molecular flexibility index (Phi) is 2.65. The van der Waals surface area contributed by atoms with Gasteiger partial charge in [0.2, 0.25) is 0 Å². The van der Waals surface area contributed by atoms with Gasteiger partial charge in [-0.1, -0.05) is 36.3 Å². The minimum Gasteiger partial charge on any atom is -0.344 e. The van der Waals surface area contributed by atoms with Gasteiger partial charge >= 0.3 is 0 Å². The average Bonchev–Trinajstić information content (AvgIpc) is 2.73. The molecule has 0 radical (unpaired) electrons. The fourth-order valence-electron chi connectivity index (χ4n) is 2.59. The Morgan fingerprint density at radius 3 is 2.63 bits per heavy atom. The van der Waals surface area contributed by atoms with E-state index in [-0.39, 0.29) is 6.04 Å². The van der Waals surface area contributed by atoms with Crippen molar-refractivity contribution < 1.29 is 0 Å². The van der Waals surface area contributed by atoms with Gasteiger partial charge in [-0.25, -0.2) is 0 Å². The molecule has 3 rings (SSSR count). The van der Waals surface area contributed by atoms with Crippen LogP contribution in [-0.4, -0.2) is 4.57 Å². The second-order valence-electron chi connectivity index (χ2n) is 4.73. The summed E-state index contributed by atoms with van der Waals surface area (Å²) in [6, 6.07) is 14.4. The zero-order chi connectivity index (χ0) is 13.4. The average molecular weight is 250 g/mol. The maximum atomic E-state index is 8.54. The van der Waals surface area contributed by atoms with E-state index in [4.69, 9.17) is 5.53 Å². The maximum Gasteiger partial charge on any atom is 0.0597 e. The molecule has 0 saturated heterocycles. The summed E-state index contributed by atoms with van der Waals surface area (Å²) in [5.41, 5.74) is 12.0. The fraction of sp³-hybridized carbons (Fsp3) is 0.200. The lowest BCUT2D eigenvalue weighted by molar-refractivity contribution is 0.809. The van der Waals surface area contributed by atoms with Crippen molar-refractivity contribution in [3.05, 3.63) is 58.5 Å². The van der Waals surface area contributed by atoms with Crippen LogP contribution in [0.15, 0.2) is 47.6 Å². The Bertz CT molecular complexity index is 809. The number of hydrogen-bond donors (Lipinski definition) is 0. The monoisotopic (exact) mass is 250 g/mol. The molecule has 3 aromatic rings. The second-order valence-corrected chi connectivity index (χ2v) is 4.73. The van der Waals surface area contributed by atoms with Gasteiger partial charge in [-0.15, -0.1) is 0 Å². The number of aryl methyl sites for hydroxylation is 1. The summed E-state index contributed by atoms with van der Waals surface area (Å²) in [4.78, 5) is 2.88. The summed E-state index contributed by atoms with van der Waals surface area (Å²) in [7, 11) is 2.07. The van der Waals surface area contributed by atoms with Crippen LogP contribution in [0.25, 0.3) is 32.2 Å². The molecule has 4 nitrogen and oxygen atoms in total. The first-order chi connectivity index (χ1) is 9.22. The zero-order valence-corrected chi connectivity index (χ0v) is 10.9. The SMILES string of the molecule is CC(N=[N+]=[N-])c1ccc2c(c1)c1ccccc1n2C. The topological polar surface area (TPSA) is 53.7 Å². The lowest BCUT2D eigenvalue weighted by Crippen LogP contribution is -1.89. The minimum absolute atomic E-state index is 0.145. The van der Waals surface area contributed by atoms with Gasteiger partial charge in [-0.05, 0) is 29.3 Å². The zero-order valence-electron chi connectivity index (χ0n) is 10.9. The van der Waals surface area contributed by atoms with Gasteiger partial charge in [0, 0.05) is 33.8 Å². The van der Waals surface area contributed by atoms with E-state index in [0.717, 1.165) is 5.56 Å². The van der Waals surface area contributed by atoms with E-state index >= 15 is 0 Å². The van der Waals surface area contributed by atoms with E-state index in [9.17, 15) is 0 Å². The van der Waals surface area contributed by atoms with Crippen LogP contribution in [0.4, 0.5) is 0 Å². The molecule has 1 unspecified atom stereocenters. The number of para-hydroxylation sites is 1. The number of benzene rings is 2. The van der Waals surface area contributed by atoms with E-state index in [1.165, 1.54) is 21.8 Å². The highest BCUT2D eigenvalue weighted by Crippen LogP contribution is 2.30. The third-order valence-corrected chi connectivity index (χ3v) is 3.64. The fourth-order valence-corrected chi connectivity index (χ4v) is 2.59. The van der Waals surface area contributed by atoms with Crippen molar-refractivity contribution in [2.45, 2.75) is 13.0 Å². The Labute approximate surface area is 110 Å². The van der Waals surface area contributed by atoms with Gasteiger partial charge in [-0.3, -0.25) is 0 Å². The van der Waals surface area contributed by atoms with Crippen LogP contribution in [0, 0.1) is 0 Å². The summed E-state index contributed by atoms with van der Waals surface area (Å²) in [6.45, 7) is 1.91. The molecule has 0 aliphatic heterocycles. The molecular formula is C15H14N4. The molecular weight excluding hydrogens is 236 g/mol. The summed E-state index contributed by atoms with van der Waals surface area (Å²) >= 11 is 0. The van der Waals surface area contributed by atoms with Crippen molar-refractivity contribution in [3.63, 3.8) is 0 Å². The third kappa shape index (κ3) is 1.74. The molecule has 0 aliphatic rings. The first-order valence-corrected chi connectivity index (χ1v) is 6.23. The van der Waals surface area contributed by atoms with E-state index in [1.807, 2.05) is 25.1 Å². The Morgan fingerprint density at radius 2 is 1.84 bits per heavy atom. The van der Waals surface area contributed by atoms with Gasteiger partial charge < -0.3 is 4.57 Å². The van der Waals surface area contributed by atoms with Gasteiger partial charge in [-0.2, -0.15) is 0 Å². The smallest absolute Gasteiger partial charge is 0.0597 e. The minimum atomic E-state index is -0.145. The van der Waals surface area contributed by atoms with Gasteiger partial charge in [0.1, 0.15) is 0 Å². The molecule has 2 aromatic carbocycles. The van der Waals surface area contributed by atoms with Crippen molar-refractivity contribution in [1.29, 1.82) is 0 Å². The first kappa shape index (κ1) is 11.6. The molecule has 1 heterocycles. The molecule has 0 N–H and O–H groups in total. The number of rotatable bonds is 2. The molecule has 0 amide bonds. The molecule has 19 heavy (non-hydrogen) atoms. The summed E-state index contributed by atoms with van der Waals surface area (Å²) < 4.78 is 2.19. The Hall–Kier alpha value is -2.45. The predicted octanol–water partition coefficient (Wildman–Crippen LogP) is 4.70. The van der Waals surface area contributed by atoms with Gasteiger partial charge in [0.15, 0.2) is 0 Å². The largest absolute Gasteiger partial charge is 0.344 e. The second kappa shape index (κ2) is 4.34. The number of azide groups is 1. The van der Waals surface area contributed by atoms with Gasteiger partial charge in [0.25, 0.3) is 0 Å². The van der Waals surface area contributed by atoms with Crippen LogP contribution in [0.2, 0.25) is 0 Å². The third-order valence-electron chi connectivity index (χ3n) is 3.64. The summed E-state index contributed by atoms with van der Waals surface area (Å²) in [5, 5.41) is 6.20. The molecule has 0 aliphatic carbocycles. The molecule has 4 heteroatoms. The summed E-state index contributed by atoms with van der Waals surface area (Å²) in [5.74, 6) is 0. The number of fused-ring (bicyclic) bond motifs is 3. The lowest BCUT2D eigenvalue weighted by atomic mass is 10.1. The van der Waals surface area contributed by atoms with Crippen LogP contribution in [0.1, 0.15) is 18.5 Å². The van der Waals surface area contributed by atoms with Crippen LogP contribution < -0.4 is 0 Å². The number of aromatic nitrogens is 1. The predicted molar refractivity (Wildman–Crippen MR) is 78.0 cm³/mol. The number of nitrogens with zero attached hydrogens (tertiary/aromatic N) is 4. The van der Waals surface area contributed by atoms with Crippen LogP contribution in [-0.2, 0) is 7.05 Å². The van der Waals surface area contributed by atoms with Crippen molar-refractivity contribution in [3.8, 4) is 0 Å². The maximum absolute atomic E-state index is 8.54. The molecule has 94 valence electrons. The molecule has 0 fully saturated rings. The highest BCUT2D eigenvalue weighted by atomic mass is 15.1. The van der Waals surface area contributed by atoms with Crippen molar-refractivity contribution in [2.24, 2.45) is 12.2 Å². The van der Waals surface area contributed by atoms with Crippen LogP contribution >= 0.6 is 0 Å². The quantitative estimate of drug-likeness (QED) is 0.359. The van der Waals surface area contributed by atoms with Crippen molar-refractivity contribution in [1.82, 2.24) is 4.57 Å². The van der Waals surface area contributed by atoms with E-state index in [1.54, 1.807) is 0 Å². The Morgan fingerprint density at radius 1 is 1.11 bits per heavy atom. The molecule has 1 aromatic heterocycles. The molecule has 0 spiro atoms. The molecule has 1 atom stereocenters. The lowest BCUT2D eigenvalue weighted by Gasteiger charge is -2.05. The Balaban J connectivity index is 2.33. The molecule has 0 saturated carbocycles. The highest BCUT2D eigenvalue weighted by Gasteiger charge is 2.10. The highest BCUT2D eigenvalue weighted by molar-refractivity contribution is 6.08. The normalized spacial score (nSPS) is 12.5. The van der Waals surface area contributed by atoms with Gasteiger partial charge in [0.05, 0.1) is 6.04 Å². The van der Waals surface area contributed by atoms with Crippen molar-refractivity contribution in [2.75, 3.05) is 0 Å².